The average molecular weight is 1440 g/mol. The number of hydrogen-bond acceptors (Lipinski definition) is 25. The molecule has 2 atom stereocenters. The number of aliphatic hydroxyl groups excluding tert-OH is 2. The Kier molecular flexibility index (Phi) is 47.7. The first-order valence-electron chi connectivity index (χ1n) is 28.9. The molecule has 0 aliphatic carbocycles. The summed E-state index contributed by atoms with van der Waals surface area (Å²) in [7, 11) is -1.46. The number of hydroxylamine groups is 1. The van der Waals surface area contributed by atoms with Crippen LogP contribution in [0.4, 0.5) is 0 Å². The molecule has 32 nitrogen and oxygen atoms in total. The number of ether oxygens (including phenoxy) is 3. The number of hydrogen-bond donors (Lipinski definition) is 4. The Morgan fingerprint density at radius 3 is 1.08 bits per heavy atom. The largest absolute Gasteiger partial charge is 0.748 e. The predicted molar refractivity (Wildman–Crippen MR) is 347 cm³/mol. The standard InChI is InChI=1S/C12H24N2O5S.C12H24N2O4S.C11H21NO6S.C11H21NO5S.C10H19NO5S/c1-10(2)12(16)13-19-7-6-14(3,4)8-11(15)9-20(5,17)18;1-11(2)12(15)13-7-5-8-14(3,4)9-6-10-19(16,17)18;1-9(2)11(14)18-6-5-12(3,4)7-10(13)8-19(15,16)17;1-10(2)11(13)17-8-7-12(3,4)6-5-9-18(14,15)16;1-4-10(12)16-8-7-11(2,3)6-5-9-17(13,14)15/h11,15H,1,6-9H2,2-5H3;1,5-10H2,2-4H3,(H-,13,15,16,17,18);10,13H,1,5-8H2,2-4H3;1,5-9H2,2-4H3;4H,1,5-9H2,2-3H3/p+1. The zero-order chi connectivity index (χ0) is 74.3. The molecule has 37 heteroatoms. The van der Waals surface area contributed by atoms with Crippen molar-refractivity contribution in [2.24, 2.45) is 0 Å². The molecule has 93 heavy (non-hydrogen) atoms. The van der Waals surface area contributed by atoms with Crippen molar-refractivity contribution in [3.63, 3.8) is 0 Å². The molecule has 0 aromatic rings. The van der Waals surface area contributed by atoms with Gasteiger partial charge in [-0.05, 0) is 27.7 Å². The number of esters is 3. The Labute approximate surface area is 554 Å². The van der Waals surface area contributed by atoms with Crippen LogP contribution in [-0.2, 0) is 93.3 Å². The summed E-state index contributed by atoms with van der Waals surface area (Å²) in [4.78, 5) is 60.4. The average Bonchev–Trinajstić information content (AvgIpc) is 1.09. The van der Waals surface area contributed by atoms with E-state index in [1.54, 1.807) is 34.9 Å². The van der Waals surface area contributed by atoms with E-state index >= 15 is 0 Å². The van der Waals surface area contributed by atoms with Crippen LogP contribution in [-0.4, -0.2) is 339 Å². The van der Waals surface area contributed by atoms with Gasteiger partial charge in [-0.2, -0.15) is 0 Å². The van der Waals surface area contributed by atoms with Crippen LogP contribution in [0.5, 0.6) is 0 Å². The Hall–Kier alpha value is -4.68. The van der Waals surface area contributed by atoms with Crippen LogP contribution in [0.25, 0.3) is 0 Å². The lowest BCUT2D eigenvalue weighted by Gasteiger charge is -2.31. The molecule has 2 amide bonds. The maximum absolute atomic E-state index is 11.2. The number of sulfone groups is 1. The molecule has 0 aromatic carbocycles. The topological polar surface area (TPSA) is 450 Å². The number of nitrogens with zero attached hydrogens (tertiary/aromatic N) is 5. The lowest BCUT2D eigenvalue weighted by molar-refractivity contribution is -0.893. The lowest BCUT2D eigenvalue weighted by atomic mass is 10.3. The maximum Gasteiger partial charge on any atom is 0.333 e. The number of nitrogens with one attached hydrogen (secondary N) is 2. The van der Waals surface area contributed by atoms with Gasteiger partial charge in [0, 0.05) is 84.1 Å². The first-order chi connectivity index (χ1) is 41.6. The fourth-order valence-corrected chi connectivity index (χ4v) is 10.0. The fraction of sp³-hybridized carbons (Fsp3) is 0.732. The molecule has 0 aliphatic heterocycles. The third-order valence-corrected chi connectivity index (χ3v) is 16.6. The van der Waals surface area contributed by atoms with E-state index in [0.29, 0.717) is 112 Å². The van der Waals surface area contributed by atoms with Crippen molar-refractivity contribution in [1.82, 2.24) is 10.8 Å². The number of quaternary nitrogens is 5. The number of likely N-dealkylation sites (N-methyl/N-ethyl adjacent to an activating group) is 4. The van der Waals surface area contributed by atoms with Crippen molar-refractivity contribution in [1.29, 1.82) is 0 Å². The van der Waals surface area contributed by atoms with Gasteiger partial charge in [-0.25, -0.2) is 62.0 Å². The summed E-state index contributed by atoms with van der Waals surface area (Å²) in [5, 5.41) is 22.0. The summed E-state index contributed by atoms with van der Waals surface area (Å²) in [6.07, 6.45) is 1.75. The molecule has 0 saturated carbocycles. The lowest BCUT2D eigenvalue weighted by Crippen LogP contribution is -2.49. The molecule has 2 unspecified atom stereocenters. The second-order valence-corrected chi connectivity index (χ2v) is 33.7. The highest BCUT2D eigenvalue weighted by molar-refractivity contribution is 7.90. The highest BCUT2D eigenvalue weighted by Gasteiger charge is 2.25. The smallest absolute Gasteiger partial charge is 0.333 e. The van der Waals surface area contributed by atoms with E-state index in [2.05, 4.69) is 43.7 Å². The second kappa shape index (κ2) is 45.7. The van der Waals surface area contributed by atoms with Gasteiger partial charge in [0.15, 0.2) is 0 Å². The molecule has 0 spiro atoms. The Bertz CT molecular complexity index is 2970. The van der Waals surface area contributed by atoms with E-state index in [4.69, 9.17) is 19.0 Å². The number of rotatable bonds is 42. The molecule has 0 fully saturated rings. The van der Waals surface area contributed by atoms with Gasteiger partial charge in [-0.1, -0.05) is 32.9 Å². The van der Waals surface area contributed by atoms with E-state index in [0.717, 1.165) is 25.3 Å². The van der Waals surface area contributed by atoms with Crippen molar-refractivity contribution in [2.75, 3.05) is 204 Å². The van der Waals surface area contributed by atoms with Crippen molar-refractivity contribution in [3.8, 4) is 0 Å². The van der Waals surface area contributed by atoms with Gasteiger partial charge in [-0.15, -0.1) is 0 Å². The summed E-state index contributed by atoms with van der Waals surface area (Å²) < 4.78 is 165. The number of carbonyl (C=O) groups is 5. The van der Waals surface area contributed by atoms with Crippen molar-refractivity contribution < 1.29 is 136 Å². The Balaban J connectivity index is -0.000000347. The summed E-state index contributed by atoms with van der Waals surface area (Å²) >= 11 is 0. The summed E-state index contributed by atoms with van der Waals surface area (Å²) in [5.74, 6) is -4.06. The van der Waals surface area contributed by atoms with Gasteiger partial charge in [0.05, 0.1) is 149 Å². The van der Waals surface area contributed by atoms with Gasteiger partial charge in [0.1, 0.15) is 87.7 Å². The van der Waals surface area contributed by atoms with Gasteiger partial charge in [0.25, 0.3) is 5.91 Å². The summed E-state index contributed by atoms with van der Waals surface area (Å²) in [6.45, 7) is 29.8. The molecule has 0 heterocycles. The van der Waals surface area contributed by atoms with Crippen LogP contribution in [0.15, 0.2) is 61.3 Å². The molecule has 4 N–H and O–H groups in total. The maximum atomic E-state index is 11.2. The molecule has 0 rings (SSSR count). The highest BCUT2D eigenvalue weighted by Crippen LogP contribution is 2.08. The first kappa shape index (κ1) is 97.0. The minimum atomic E-state index is -4.45. The molecule has 0 aromatic heterocycles. The van der Waals surface area contributed by atoms with E-state index in [9.17, 15) is 94.5 Å². The van der Waals surface area contributed by atoms with Crippen molar-refractivity contribution >= 4 is 80.0 Å². The SMILES string of the molecule is C=C(C)C(=O)NCCC[N+](C)(C)CCCS(=O)(=O)[O-].C=C(C)C(=O)NOCC[N+](C)(C)CC(O)CS(C)(=O)=O.C=C(C)C(=O)OCC[N+](C)(C)CC(O)CS(=O)(=O)[O-].C=C(C)C(=O)OCC[N+](C)(C)CCCS(=O)(=O)[O-].C=CC(=O)OCC[N+](C)(C)CCCS(=O)(=O)[O-]. The van der Waals surface area contributed by atoms with Gasteiger partial charge in [0.2, 0.25) is 5.91 Å². The Morgan fingerprint density at radius 2 is 0.763 bits per heavy atom. The predicted octanol–water partition coefficient (Wildman–Crippen LogP) is -1.89. The van der Waals surface area contributed by atoms with Crippen molar-refractivity contribution in [2.45, 2.75) is 65.6 Å². The third-order valence-electron chi connectivity index (χ3n) is 12.4. The Morgan fingerprint density at radius 1 is 0.452 bits per heavy atom. The second-order valence-electron chi connectivity index (χ2n) is 25.5. The minimum absolute atomic E-state index is 0.0755. The fourth-order valence-electron chi connectivity index (χ4n) is 7.18. The van der Waals surface area contributed by atoms with Crippen molar-refractivity contribution in [3.05, 3.63) is 61.3 Å². The number of aliphatic hydroxyl groups is 2. The zero-order valence-electron chi connectivity index (χ0n) is 57.3. The van der Waals surface area contributed by atoms with Crippen LogP contribution in [0, 0.1) is 0 Å². The third kappa shape index (κ3) is 71.5. The molecule has 0 bridgehead atoms. The van der Waals surface area contributed by atoms with E-state index in [1.807, 2.05) is 56.4 Å². The normalized spacial score (nSPS) is 12.9. The van der Waals surface area contributed by atoms with Crippen LogP contribution in [0.3, 0.4) is 0 Å². The number of amides is 2. The van der Waals surface area contributed by atoms with Crippen LogP contribution < -0.4 is 10.8 Å². The highest BCUT2D eigenvalue weighted by atomic mass is 32.2. The quantitative estimate of drug-likeness (QED) is 0.00987. The monoisotopic (exact) mass is 1440 g/mol. The summed E-state index contributed by atoms with van der Waals surface area (Å²) in [6, 6.07) is 0. The number of carbonyl (C=O) groups excluding carboxylic acids is 5. The molecule has 0 aliphatic rings. The van der Waals surface area contributed by atoms with Crippen LogP contribution >= 0.6 is 0 Å². The van der Waals surface area contributed by atoms with E-state index in [-0.39, 0.29) is 78.8 Å². The van der Waals surface area contributed by atoms with Crippen LogP contribution in [0.2, 0.25) is 0 Å². The molecular weight excluding hydrogens is 1330 g/mol. The van der Waals surface area contributed by atoms with E-state index in [1.165, 1.54) is 6.92 Å². The van der Waals surface area contributed by atoms with Gasteiger partial charge in [-0.3, -0.25) is 14.4 Å². The molecular formula is C56H110N7O25S5+. The van der Waals surface area contributed by atoms with Crippen LogP contribution in [0.1, 0.15) is 53.4 Å². The molecule has 0 saturated heterocycles. The zero-order valence-corrected chi connectivity index (χ0v) is 61.4. The van der Waals surface area contributed by atoms with E-state index < -0.39 is 86.2 Å². The van der Waals surface area contributed by atoms with Gasteiger partial charge >= 0.3 is 17.9 Å². The molecule has 548 valence electrons. The van der Waals surface area contributed by atoms with Gasteiger partial charge < -0.3 is 70.4 Å². The first-order valence-corrected chi connectivity index (χ1v) is 37.3. The summed E-state index contributed by atoms with van der Waals surface area (Å²) in [5.41, 5.74) is 3.71. The minimum Gasteiger partial charge on any atom is -0.748 e. The molecule has 0 radical (unpaired) electrons.